The van der Waals surface area contributed by atoms with Gasteiger partial charge in [-0.2, -0.15) is 0 Å². The first-order valence-electron chi connectivity index (χ1n) is 5.11. The summed E-state index contributed by atoms with van der Waals surface area (Å²) >= 11 is 0. The Kier molecular flexibility index (Phi) is 8.57. The van der Waals surface area contributed by atoms with Gasteiger partial charge in [-0.05, 0) is 13.5 Å². The minimum absolute atomic E-state index is 0.122. The number of hydrogen-bond acceptors (Lipinski definition) is 4. The molecule has 0 aromatic heterocycles. The summed E-state index contributed by atoms with van der Waals surface area (Å²) in [7, 11) is 1.68. The van der Waals surface area contributed by atoms with Crippen molar-refractivity contribution in [1.29, 1.82) is 0 Å². The minimum atomic E-state index is -0.122. The Morgan fingerprint density at radius 2 is 2.00 bits per heavy atom. The Hall–Kier alpha value is -0.610. The van der Waals surface area contributed by atoms with Crippen LogP contribution >= 0.6 is 0 Å². The highest BCUT2D eigenvalue weighted by Gasteiger charge is 2.06. The van der Waals surface area contributed by atoms with Gasteiger partial charge in [-0.1, -0.05) is 6.92 Å². The lowest BCUT2D eigenvalue weighted by atomic mass is 10.3. The average molecular weight is 203 g/mol. The molecule has 0 saturated carbocycles. The van der Waals surface area contributed by atoms with Crippen LogP contribution in [0, 0.1) is 0 Å². The van der Waals surface area contributed by atoms with Crippen LogP contribution in [0.2, 0.25) is 0 Å². The molecule has 0 fully saturated rings. The molecule has 0 radical (unpaired) electrons. The maximum absolute atomic E-state index is 11.1. The van der Waals surface area contributed by atoms with Crippen LogP contribution in [0.15, 0.2) is 0 Å². The summed E-state index contributed by atoms with van der Waals surface area (Å²) in [6.07, 6.45) is 0.464. The molecule has 4 nitrogen and oxygen atoms in total. The Balaban J connectivity index is 3.55. The fourth-order valence-corrected chi connectivity index (χ4v) is 1.13. The fourth-order valence-electron chi connectivity index (χ4n) is 1.13. The third-order valence-corrected chi connectivity index (χ3v) is 2.00. The topological polar surface area (TPSA) is 38.8 Å². The summed E-state index contributed by atoms with van der Waals surface area (Å²) in [4.78, 5) is 13.2. The molecule has 14 heavy (non-hydrogen) atoms. The number of esters is 1. The fraction of sp³-hybridized carbons (Fsp3) is 0.900. The Morgan fingerprint density at radius 3 is 2.50 bits per heavy atom. The largest absolute Gasteiger partial charge is 0.466 e. The molecule has 0 aromatic rings. The number of ether oxygens (including phenoxy) is 2. The van der Waals surface area contributed by atoms with E-state index in [1.54, 1.807) is 7.11 Å². The van der Waals surface area contributed by atoms with E-state index in [2.05, 4.69) is 11.8 Å². The van der Waals surface area contributed by atoms with Crippen LogP contribution in [0.1, 0.15) is 20.3 Å². The van der Waals surface area contributed by atoms with Crippen molar-refractivity contribution >= 4 is 5.97 Å². The van der Waals surface area contributed by atoms with E-state index in [-0.39, 0.29) is 5.97 Å². The molecular formula is C10H21NO3. The van der Waals surface area contributed by atoms with E-state index >= 15 is 0 Å². The molecule has 0 aromatic carbocycles. The maximum atomic E-state index is 11.1. The van der Waals surface area contributed by atoms with Gasteiger partial charge in [0, 0.05) is 20.2 Å². The zero-order chi connectivity index (χ0) is 10.8. The third-order valence-electron chi connectivity index (χ3n) is 2.00. The zero-order valence-corrected chi connectivity index (χ0v) is 9.41. The van der Waals surface area contributed by atoms with E-state index in [0.717, 1.165) is 19.6 Å². The highest BCUT2D eigenvalue weighted by atomic mass is 16.5. The van der Waals surface area contributed by atoms with Gasteiger partial charge in [0.2, 0.25) is 0 Å². The van der Waals surface area contributed by atoms with E-state index in [9.17, 15) is 4.79 Å². The lowest BCUT2D eigenvalue weighted by Crippen LogP contribution is -2.29. The minimum Gasteiger partial charge on any atom is -0.466 e. The van der Waals surface area contributed by atoms with E-state index in [1.165, 1.54) is 0 Å². The number of likely N-dealkylation sites (N-methyl/N-ethyl adjacent to an activating group) is 1. The van der Waals surface area contributed by atoms with Crippen molar-refractivity contribution in [1.82, 2.24) is 4.90 Å². The second-order valence-corrected chi connectivity index (χ2v) is 2.98. The van der Waals surface area contributed by atoms with Gasteiger partial charge in [0.15, 0.2) is 0 Å². The lowest BCUT2D eigenvalue weighted by molar-refractivity contribution is -0.143. The zero-order valence-electron chi connectivity index (χ0n) is 9.41. The van der Waals surface area contributed by atoms with Gasteiger partial charge < -0.3 is 14.4 Å². The van der Waals surface area contributed by atoms with Crippen molar-refractivity contribution in [3.8, 4) is 0 Å². The van der Waals surface area contributed by atoms with Crippen LogP contribution in [-0.2, 0) is 14.3 Å². The number of methoxy groups -OCH3 is 1. The lowest BCUT2D eigenvalue weighted by Gasteiger charge is -2.18. The molecule has 0 rings (SSSR count). The van der Waals surface area contributed by atoms with Crippen molar-refractivity contribution < 1.29 is 14.3 Å². The van der Waals surface area contributed by atoms with Crippen LogP contribution in [0.3, 0.4) is 0 Å². The van der Waals surface area contributed by atoms with E-state index in [1.807, 2.05) is 6.92 Å². The standard InChI is InChI=1S/C10H21NO3/c1-4-11(8-9-13-3)7-6-10(12)14-5-2/h4-9H2,1-3H3. The molecule has 0 N–H and O–H groups in total. The molecule has 4 heteroatoms. The first-order chi connectivity index (χ1) is 6.74. The van der Waals surface area contributed by atoms with Gasteiger partial charge >= 0.3 is 5.97 Å². The third kappa shape index (κ3) is 6.86. The SMILES string of the molecule is CCOC(=O)CCN(CC)CCOC. The quantitative estimate of drug-likeness (QED) is 0.550. The highest BCUT2D eigenvalue weighted by molar-refractivity contribution is 5.69. The molecule has 0 aliphatic carbocycles. The Bertz CT molecular complexity index is 150. The predicted molar refractivity (Wildman–Crippen MR) is 55.2 cm³/mol. The summed E-state index contributed by atoms with van der Waals surface area (Å²) in [6, 6.07) is 0. The predicted octanol–water partition coefficient (Wildman–Crippen LogP) is 0.908. The van der Waals surface area contributed by atoms with Gasteiger partial charge in [-0.3, -0.25) is 4.79 Å². The van der Waals surface area contributed by atoms with E-state index in [0.29, 0.717) is 19.6 Å². The summed E-state index contributed by atoms with van der Waals surface area (Å²) in [6.45, 7) is 7.61. The van der Waals surface area contributed by atoms with Crippen LogP contribution in [0.4, 0.5) is 0 Å². The second-order valence-electron chi connectivity index (χ2n) is 2.98. The molecule has 0 aliphatic rings. The van der Waals surface area contributed by atoms with Gasteiger partial charge in [-0.25, -0.2) is 0 Å². The van der Waals surface area contributed by atoms with E-state index in [4.69, 9.17) is 9.47 Å². The molecule has 84 valence electrons. The van der Waals surface area contributed by atoms with Crippen LogP contribution in [0.5, 0.6) is 0 Å². The monoisotopic (exact) mass is 203 g/mol. The smallest absolute Gasteiger partial charge is 0.307 e. The van der Waals surface area contributed by atoms with Crippen molar-refractivity contribution in [2.24, 2.45) is 0 Å². The first kappa shape index (κ1) is 13.4. The molecule has 0 spiro atoms. The van der Waals surface area contributed by atoms with Gasteiger partial charge in [0.1, 0.15) is 0 Å². The normalized spacial score (nSPS) is 10.6. The number of carbonyl (C=O) groups is 1. The molecule has 0 bridgehead atoms. The molecule has 0 saturated heterocycles. The number of carbonyl (C=O) groups excluding carboxylic acids is 1. The molecule has 0 amide bonds. The van der Waals surface area contributed by atoms with Gasteiger partial charge in [-0.15, -0.1) is 0 Å². The van der Waals surface area contributed by atoms with Crippen LogP contribution in [-0.4, -0.2) is 50.8 Å². The molecule has 0 heterocycles. The molecule has 0 unspecified atom stereocenters. The second kappa shape index (κ2) is 8.97. The van der Waals surface area contributed by atoms with Crippen LogP contribution in [0.25, 0.3) is 0 Å². The molecule has 0 atom stereocenters. The number of rotatable bonds is 8. The maximum Gasteiger partial charge on any atom is 0.307 e. The van der Waals surface area contributed by atoms with E-state index < -0.39 is 0 Å². The Labute approximate surface area is 86.2 Å². The van der Waals surface area contributed by atoms with Crippen molar-refractivity contribution in [3.63, 3.8) is 0 Å². The highest BCUT2D eigenvalue weighted by Crippen LogP contribution is 1.93. The summed E-state index contributed by atoms with van der Waals surface area (Å²) in [5, 5.41) is 0. The summed E-state index contributed by atoms with van der Waals surface area (Å²) in [5.41, 5.74) is 0. The van der Waals surface area contributed by atoms with Crippen molar-refractivity contribution in [3.05, 3.63) is 0 Å². The van der Waals surface area contributed by atoms with Crippen molar-refractivity contribution in [2.45, 2.75) is 20.3 Å². The summed E-state index contributed by atoms with van der Waals surface area (Å²) in [5.74, 6) is -0.122. The van der Waals surface area contributed by atoms with Gasteiger partial charge in [0.05, 0.1) is 19.6 Å². The molecule has 0 aliphatic heterocycles. The molecular weight excluding hydrogens is 182 g/mol. The van der Waals surface area contributed by atoms with Gasteiger partial charge in [0.25, 0.3) is 0 Å². The number of nitrogens with zero attached hydrogens (tertiary/aromatic N) is 1. The summed E-state index contributed by atoms with van der Waals surface area (Å²) < 4.78 is 9.82. The number of hydrogen-bond donors (Lipinski definition) is 0. The van der Waals surface area contributed by atoms with Crippen LogP contribution < -0.4 is 0 Å². The Morgan fingerprint density at radius 1 is 1.29 bits per heavy atom. The average Bonchev–Trinajstić information content (AvgIpc) is 2.19. The van der Waals surface area contributed by atoms with Crippen molar-refractivity contribution in [2.75, 3.05) is 40.0 Å². The first-order valence-corrected chi connectivity index (χ1v) is 5.11.